The normalized spacial score (nSPS) is 11.8. The van der Waals surface area contributed by atoms with Gasteiger partial charge in [0.05, 0.1) is 32.8 Å². The third kappa shape index (κ3) is 5.58. The van der Waals surface area contributed by atoms with E-state index in [4.69, 9.17) is 9.47 Å². The van der Waals surface area contributed by atoms with Gasteiger partial charge in [0.1, 0.15) is 11.5 Å². The fraction of sp³-hybridized carbons (Fsp3) is 0.308. The maximum absolute atomic E-state index is 13.6. The van der Waals surface area contributed by atoms with Crippen LogP contribution in [-0.4, -0.2) is 45.2 Å². The highest BCUT2D eigenvalue weighted by Gasteiger charge is 2.27. The van der Waals surface area contributed by atoms with Crippen molar-refractivity contribution in [3.05, 3.63) is 80.8 Å². The molecule has 186 valence electrons. The minimum absolute atomic E-state index is 0.0311. The first-order valence-electron chi connectivity index (χ1n) is 11.0. The van der Waals surface area contributed by atoms with Gasteiger partial charge in [-0.3, -0.25) is 9.59 Å². The molecule has 9 heteroatoms. The predicted molar refractivity (Wildman–Crippen MR) is 128 cm³/mol. The van der Waals surface area contributed by atoms with Crippen LogP contribution in [0.3, 0.4) is 0 Å². The van der Waals surface area contributed by atoms with Gasteiger partial charge in [-0.25, -0.2) is 0 Å². The van der Waals surface area contributed by atoms with Crippen LogP contribution < -0.4 is 10.3 Å². The Morgan fingerprint density at radius 1 is 1.00 bits per heavy atom. The largest absolute Gasteiger partial charge is 0.507 e. The summed E-state index contributed by atoms with van der Waals surface area (Å²) >= 11 is 0. The summed E-state index contributed by atoms with van der Waals surface area (Å²) in [6, 6.07) is 10.8. The summed E-state index contributed by atoms with van der Waals surface area (Å²) in [5.74, 6) is -1.69. The van der Waals surface area contributed by atoms with Crippen LogP contribution in [0.25, 0.3) is 0 Å². The molecular weight excluding hydrogens is 454 g/mol. The van der Waals surface area contributed by atoms with Crippen molar-refractivity contribution in [2.24, 2.45) is 0 Å². The number of ether oxygens (including phenoxy) is 2. The van der Waals surface area contributed by atoms with Crippen LogP contribution in [0.15, 0.2) is 47.3 Å². The number of aliphatic hydroxyl groups is 1. The molecule has 0 amide bonds. The van der Waals surface area contributed by atoms with E-state index < -0.39 is 17.4 Å². The zero-order valence-corrected chi connectivity index (χ0v) is 19.8. The van der Waals surface area contributed by atoms with Gasteiger partial charge in [-0.2, -0.15) is 0 Å². The van der Waals surface area contributed by atoms with Crippen LogP contribution in [-0.2, 0) is 29.1 Å². The molecule has 0 bridgehead atoms. The highest BCUT2D eigenvalue weighted by Crippen LogP contribution is 2.35. The van der Waals surface area contributed by atoms with Gasteiger partial charge in [0.25, 0.3) is 5.56 Å². The van der Waals surface area contributed by atoms with E-state index in [0.717, 1.165) is 0 Å². The molecule has 0 saturated carbocycles. The monoisotopic (exact) mass is 483 g/mol. The third-order valence-electron chi connectivity index (χ3n) is 6.01. The SMILES string of the molecule is COC(=O)CC(c1ccc(OC)c(CO)c1)c1c(O)cc(C)n(CCc2ccc(O)c(O)c2)c1=O. The molecule has 35 heavy (non-hydrogen) atoms. The van der Waals surface area contributed by atoms with E-state index in [0.29, 0.717) is 34.6 Å². The molecule has 1 aromatic heterocycles. The summed E-state index contributed by atoms with van der Waals surface area (Å²) in [5, 5.41) is 39.8. The Morgan fingerprint density at radius 2 is 1.74 bits per heavy atom. The number of esters is 1. The Bertz CT molecular complexity index is 1280. The number of carbonyl (C=O) groups is 1. The number of aliphatic hydroxyl groups excluding tert-OH is 1. The Morgan fingerprint density at radius 3 is 2.37 bits per heavy atom. The van der Waals surface area contributed by atoms with E-state index in [2.05, 4.69) is 0 Å². The van der Waals surface area contributed by atoms with E-state index in [-0.39, 0.29) is 42.4 Å². The maximum atomic E-state index is 13.6. The number of phenolic OH excluding ortho intramolecular Hbond substituents is 2. The average Bonchev–Trinajstić information content (AvgIpc) is 2.84. The van der Waals surface area contributed by atoms with Crippen LogP contribution >= 0.6 is 0 Å². The summed E-state index contributed by atoms with van der Waals surface area (Å²) < 4.78 is 11.6. The molecule has 3 rings (SSSR count). The van der Waals surface area contributed by atoms with E-state index in [9.17, 15) is 30.0 Å². The summed E-state index contributed by atoms with van der Waals surface area (Å²) in [4.78, 5) is 25.9. The van der Waals surface area contributed by atoms with Crippen molar-refractivity contribution in [2.45, 2.75) is 38.8 Å². The zero-order valence-electron chi connectivity index (χ0n) is 19.8. The number of aryl methyl sites for hydroxylation is 2. The zero-order chi connectivity index (χ0) is 25.7. The highest BCUT2D eigenvalue weighted by atomic mass is 16.5. The molecule has 0 aliphatic carbocycles. The second-order valence-corrected chi connectivity index (χ2v) is 8.18. The number of hydrogen-bond donors (Lipinski definition) is 4. The van der Waals surface area contributed by atoms with Crippen LogP contribution in [0, 0.1) is 6.92 Å². The van der Waals surface area contributed by atoms with E-state index in [1.807, 2.05) is 0 Å². The number of aromatic nitrogens is 1. The molecule has 0 aliphatic heterocycles. The molecule has 0 aliphatic rings. The second kappa shape index (κ2) is 11.0. The molecule has 9 nitrogen and oxygen atoms in total. The van der Waals surface area contributed by atoms with E-state index in [1.165, 1.54) is 37.0 Å². The van der Waals surface area contributed by atoms with Gasteiger partial charge in [-0.05, 0) is 54.8 Å². The fourth-order valence-electron chi connectivity index (χ4n) is 4.11. The number of benzene rings is 2. The molecule has 0 saturated heterocycles. The smallest absolute Gasteiger partial charge is 0.306 e. The van der Waals surface area contributed by atoms with Crippen molar-refractivity contribution in [3.63, 3.8) is 0 Å². The Kier molecular flexibility index (Phi) is 8.03. The number of carbonyl (C=O) groups excluding carboxylic acids is 1. The first-order valence-corrected chi connectivity index (χ1v) is 11.0. The van der Waals surface area contributed by atoms with Gasteiger partial charge in [0.2, 0.25) is 0 Å². The molecule has 2 aromatic carbocycles. The molecule has 1 atom stereocenters. The topological polar surface area (TPSA) is 138 Å². The third-order valence-corrected chi connectivity index (χ3v) is 6.01. The van der Waals surface area contributed by atoms with Gasteiger partial charge in [-0.1, -0.05) is 12.1 Å². The molecule has 0 fully saturated rings. The summed E-state index contributed by atoms with van der Waals surface area (Å²) in [5.41, 5.74) is 1.78. The minimum atomic E-state index is -0.837. The van der Waals surface area contributed by atoms with Crippen LogP contribution in [0.5, 0.6) is 23.0 Å². The Hall–Kier alpha value is -3.98. The van der Waals surface area contributed by atoms with Crippen LogP contribution in [0.1, 0.15) is 40.3 Å². The van der Waals surface area contributed by atoms with Crippen molar-refractivity contribution < 1.29 is 34.7 Å². The predicted octanol–water partition coefficient (Wildman–Crippen LogP) is 2.71. The molecule has 3 aromatic rings. The molecule has 1 heterocycles. The molecule has 0 spiro atoms. The molecule has 1 unspecified atom stereocenters. The van der Waals surface area contributed by atoms with Crippen molar-refractivity contribution in [2.75, 3.05) is 14.2 Å². The lowest BCUT2D eigenvalue weighted by Crippen LogP contribution is -2.29. The lowest BCUT2D eigenvalue weighted by atomic mass is 9.87. The number of aromatic hydroxyl groups is 3. The van der Waals surface area contributed by atoms with Crippen LogP contribution in [0.4, 0.5) is 0 Å². The average molecular weight is 484 g/mol. The lowest BCUT2D eigenvalue weighted by molar-refractivity contribution is -0.140. The van der Waals surface area contributed by atoms with Gasteiger partial charge in [-0.15, -0.1) is 0 Å². The number of methoxy groups -OCH3 is 2. The van der Waals surface area contributed by atoms with Crippen molar-refractivity contribution in [1.29, 1.82) is 0 Å². The number of pyridine rings is 1. The Balaban J connectivity index is 2.08. The summed E-state index contributed by atoms with van der Waals surface area (Å²) in [6.45, 7) is 1.61. The van der Waals surface area contributed by atoms with Crippen LogP contribution in [0.2, 0.25) is 0 Å². The molecule has 0 radical (unpaired) electrons. The van der Waals surface area contributed by atoms with E-state index >= 15 is 0 Å². The van der Waals surface area contributed by atoms with E-state index in [1.54, 1.807) is 31.2 Å². The first-order chi connectivity index (χ1) is 16.7. The van der Waals surface area contributed by atoms with Crippen molar-refractivity contribution in [3.8, 4) is 23.0 Å². The quantitative estimate of drug-likeness (QED) is 0.269. The molecule has 4 N–H and O–H groups in total. The number of nitrogens with zero attached hydrogens (tertiary/aromatic N) is 1. The number of hydrogen-bond acceptors (Lipinski definition) is 8. The fourth-order valence-corrected chi connectivity index (χ4v) is 4.11. The summed E-state index contributed by atoms with van der Waals surface area (Å²) in [6.07, 6.45) is 0.170. The maximum Gasteiger partial charge on any atom is 0.306 e. The molecular formula is C26H29NO8. The lowest BCUT2D eigenvalue weighted by Gasteiger charge is -2.21. The Labute approximate surface area is 202 Å². The first kappa shape index (κ1) is 25.6. The van der Waals surface area contributed by atoms with Gasteiger partial charge >= 0.3 is 5.97 Å². The van der Waals surface area contributed by atoms with Gasteiger partial charge in [0.15, 0.2) is 11.5 Å². The highest BCUT2D eigenvalue weighted by molar-refractivity contribution is 5.71. The minimum Gasteiger partial charge on any atom is -0.507 e. The van der Waals surface area contributed by atoms with Crippen molar-refractivity contribution in [1.82, 2.24) is 4.57 Å². The second-order valence-electron chi connectivity index (χ2n) is 8.18. The standard InChI is InChI=1S/C26H29NO8/c1-15-10-22(31)25(26(33)27(15)9-8-16-4-6-20(29)21(30)11-16)19(13-24(32)35-3)17-5-7-23(34-2)18(12-17)14-28/h4-7,10-12,19,28-31H,8-9,13-14H2,1-3H3. The van der Waals surface area contributed by atoms with Crippen molar-refractivity contribution >= 4 is 5.97 Å². The number of phenols is 2. The van der Waals surface area contributed by atoms with Gasteiger partial charge in [0, 0.05) is 23.7 Å². The van der Waals surface area contributed by atoms with Gasteiger partial charge < -0.3 is 34.5 Å². The number of rotatable bonds is 9. The summed E-state index contributed by atoms with van der Waals surface area (Å²) in [7, 11) is 2.71.